The summed E-state index contributed by atoms with van der Waals surface area (Å²) in [5, 5.41) is 1.72. The van der Waals surface area contributed by atoms with Crippen molar-refractivity contribution >= 4 is 5.69 Å². The number of rotatable bonds is 4. The molecule has 2 nitrogen and oxygen atoms in total. The Balaban J connectivity index is 2.53. The first-order valence-electron chi connectivity index (χ1n) is 3.87. The smallest absolute Gasteiger partial charge is 0.0927 e. The standard InChI is InChI=1S/C10H13NO/c1-3-9-12-11(2)10-7-5-4-6-8-10/h3-8H,1,9H2,2H3. The van der Waals surface area contributed by atoms with Gasteiger partial charge in [-0.05, 0) is 12.1 Å². The molecule has 0 bridgehead atoms. The molecule has 0 aliphatic rings. The third-order valence-electron chi connectivity index (χ3n) is 1.51. The van der Waals surface area contributed by atoms with Crippen LogP contribution in [0.25, 0.3) is 0 Å². The molecule has 2 heteroatoms. The SMILES string of the molecule is C=CCON(C)c1ccccc1. The Bertz CT molecular complexity index is 233. The number of benzene rings is 1. The Kier molecular flexibility index (Phi) is 3.35. The van der Waals surface area contributed by atoms with E-state index < -0.39 is 0 Å². The van der Waals surface area contributed by atoms with E-state index in [-0.39, 0.29) is 0 Å². The first kappa shape index (κ1) is 8.81. The van der Waals surface area contributed by atoms with Gasteiger partial charge in [0.05, 0.1) is 12.3 Å². The monoisotopic (exact) mass is 163 g/mol. The minimum Gasteiger partial charge on any atom is -0.270 e. The van der Waals surface area contributed by atoms with E-state index in [0.29, 0.717) is 6.61 Å². The van der Waals surface area contributed by atoms with Gasteiger partial charge in [-0.1, -0.05) is 24.3 Å². The summed E-state index contributed by atoms with van der Waals surface area (Å²) in [4.78, 5) is 5.29. The maximum absolute atomic E-state index is 5.29. The molecule has 0 saturated heterocycles. The molecule has 1 aromatic carbocycles. The molecule has 0 fully saturated rings. The number of hydrogen-bond donors (Lipinski definition) is 0. The van der Waals surface area contributed by atoms with Crippen molar-refractivity contribution in [2.24, 2.45) is 0 Å². The van der Waals surface area contributed by atoms with E-state index in [0.717, 1.165) is 5.69 Å². The minimum atomic E-state index is 0.533. The fourth-order valence-corrected chi connectivity index (χ4v) is 0.877. The number of hydroxylamine groups is 1. The fourth-order valence-electron chi connectivity index (χ4n) is 0.877. The maximum atomic E-state index is 5.29. The molecule has 0 aliphatic carbocycles. The molecule has 0 radical (unpaired) electrons. The molecule has 1 aromatic rings. The van der Waals surface area contributed by atoms with Crippen molar-refractivity contribution < 1.29 is 4.84 Å². The van der Waals surface area contributed by atoms with Crippen molar-refractivity contribution in [3.8, 4) is 0 Å². The average Bonchev–Trinajstić information content (AvgIpc) is 2.15. The van der Waals surface area contributed by atoms with Crippen LogP contribution in [-0.2, 0) is 4.84 Å². The van der Waals surface area contributed by atoms with Gasteiger partial charge in [0.2, 0.25) is 0 Å². The van der Waals surface area contributed by atoms with Crippen LogP contribution in [0.5, 0.6) is 0 Å². The lowest BCUT2D eigenvalue weighted by Gasteiger charge is -2.17. The van der Waals surface area contributed by atoms with Crippen LogP contribution in [-0.4, -0.2) is 13.7 Å². The van der Waals surface area contributed by atoms with Gasteiger partial charge in [-0.3, -0.25) is 9.90 Å². The Morgan fingerprint density at radius 2 is 2.08 bits per heavy atom. The van der Waals surface area contributed by atoms with Crippen LogP contribution in [0, 0.1) is 0 Å². The molecule has 0 saturated carbocycles. The Morgan fingerprint density at radius 1 is 1.42 bits per heavy atom. The van der Waals surface area contributed by atoms with Gasteiger partial charge in [0, 0.05) is 7.05 Å². The zero-order chi connectivity index (χ0) is 8.81. The molecule has 0 unspecified atom stereocenters. The normalized spacial score (nSPS) is 9.42. The van der Waals surface area contributed by atoms with E-state index in [4.69, 9.17) is 4.84 Å². The van der Waals surface area contributed by atoms with Gasteiger partial charge in [0.1, 0.15) is 0 Å². The summed E-state index contributed by atoms with van der Waals surface area (Å²) in [6.07, 6.45) is 1.72. The van der Waals surface area contributed by atoms with E-state index in [1.807, 2.05) is 37.4 Å². The van der Waals surface area contributed by atoms with Crippen LogP contribution in [0.15, 0.2) is 43.0 Å². The topological polar surface area (TPSA) is 12.5 Å². The Hall–Kier alpha value is -1.28. The van der Waals surface area contributed by atoms with Crippen molar-refractivity contribution in [3.05, 3.63) is 43.0 Å². The number of hydrogen-bond acceptors (Lipinski definition) is 2. The second kappa shape index (κ2) is 4.57. The minimum absolute atomic E-state index is 0.533. The molecule has 0 aromatic heterocycles. The van der Waals surface area contributed by atoms with Crippen molar-refractivity contribution in [1.29, 1.82) is 0 Å². The van der Waals surface area contributed by atoms with Crippen LogP contribution in [0.4, 0.5) is 5.69 Å². The summed E-state index contributed by atoms with van der Waals surface area (Å²) in [6.45, 7) is 4.11. The molecular formula is C10H13NO. The highest BCUT2D eigenvalue weighted by Gasteiger charge is 1.96. The lowest BCUT2D eigenvalue weighted by atomic mass is 10.3. The van der Waals surface area contributed by atoms with E-state index in [2.05, 4.69) is 6.58 Å². The van der Waals surface area contributed by atoms with Crippen LogP contribution in [0.3, 0.4) is 0 Å². The highest BCUT2D eigenvalue weighted by molar-refractivity contribution is 5.42. The number of anilines is 1. The predicted molar refractivity (Wildman–Crippen MR) is 51.0 cm³/mol. The highest BCUT2D eigenvalue weighted by Crippen LogP contribution is 2.10. The van der Waals surface area contributed by atoms with Crippen LogP contribution >= 0.6 is 0 Å². The van der Waals surface area contributed by atoms with E-state index in [1.54, 1.807) is 11.1 Å². The van der Waals surface area contributed by atoms with Crippen molar-refractivity contribution in [2.45, 2.75) is 0 Å². The van der Waals surface area contributed by atoms with E-state index >= 15 is 0 Å². The Morgan fingerprint density at radius 3 is 2.67 bits per heavy atom. The summed E-state index contributed by atoms with van der Waals surface area (Å²) in [7, 11) is 1.87. The highest BCUT2D eigenvalue weighted by atomic mass is 16.7. The van der Waals surface area contributed by atoms with Crippen LogP contribution < -0.4 is 5.06 Å². The van der Waals surface area contributed by atoms with E-state index in [9.17, 15) is 0 Å². The zero-order valence-corrected chi connectivity index (χ0v) is 7.23. The van der Waals surface area contributed by atoms with Gasteiger partial charge >= 0.3 is 0 Å². The van der Waals surface area contributed by atoms with Crippen molar-refractivity contribution in [3.63, 3.8) is 0 Å². The molecule has 64 valence electrons. The van der Waals surface area contributed by atoms with Gasteiger partial charge in [0.25, 0.3) is 0 Å². The molecule has 0 atom stereocenters. The number of para-hydroxylation sites is 1. The van der Waals surface area contributed by atoms with Gasteiger partial charge < -0.3 is 0 Å². The third kappa shape index (κ3) is 2.40. The maximum Gasteiger partial charge on any atom is 0.0927 e. The summed E-state index contributed by atoms with van der Waals surface area (Å²) in [6, 6.07) is 9.91. The lowest BCUT2D eigenvalue weighted by molar-refractivity contribution is 0.149. The Labute approximate surface area is 73.0 Å². The van der Waals surface area contributed by atoms with Gasteiger partial charge in [-0.25, -0.2) is 0 Å². The molecule has 12 heavy (non-hydrogen) atoms. The third-order valence-corrected chi connectivity index (χ3v) is 1.51. The first-order chi connectivity index (χ1) is 5.84. The van der Waals surface area contributed by atoms with Crippen molar-refractivity contribution in [1.82, 2.24) is 0 Å². The average molecular weight is 163 g/mol. The second-order valence-corrected chi connectivity index (χ2v) is 2.42. The summed E-state index contributed by atoms with van der Waals surface area (Å²) in [5.74, 6) is 0. The molecule has 1 rings (SSSR count). The summed E-state index contributed by atoms with van der Waals surface area (Å²) in [5.41, 5.74) is 1.04. The lowest BCUT2D eigenvalue weighted by Crippen LogP contribution is -2.17. The quantitative estimate of drug-likeness (QED) is 0.498. The zero-order valence-electron chi connectivity index (χ0n) is 7.23. The largest absolute Gasteiger partial charge is 0.270 e. The van der Waals surface area contributed by atoms with E-state index in [1.165, 1.54) is 0 Å². The molecule has 0 N–H and O–H groups in total. The number of nitrogens with zero attached hydrogens (tertiary/aromatic N) is 1. The first-order valence-corrected chi connectivity index (χ1v) is 3.87. The van der Waals surface area contributed by atoms with Crippen molar-refractivity contribution in [2.75, 3.05) is 18.7 Å². The van der Waals surface area contributed by atoms with Gasteiger partial charge in [-0.2, -0.15) is 0 Å². The van der Waals surface area contributed by atoms with Gasteiger partial charge in [0.15, 0.2) is 0 Å². The van der Waals surface area contributed by atoms with Crippen LogP contribution in [0.2, 0.25) is 0 Å². The van der Waals surface area contributed by atoms with Crippen LogP contribution in [0.1, 0.15) is 0 Å². The fraction of sp³-hybridized carbons (Fsp3) is 0.200. The molecule has 0 amide bonds. The second-order valence-electron chi connectivity index (χ2n) is 2.42. The molecule has 0 heterocycles. The predicted octanol–water partition coefficient (Wildman–Crippen LogP) is 2.24. The van der Waals surface area contributed by atoms with Gasteiger partial charge in [-0.15, -0.1) is 6.58 Å². The molecular weight excluding hydrogens is 150 g/mol. The summed E-state index contributed by atoms with van der Waals surface area (Å²) >= 11 is 0. The summed E-state index contributed by atoms with van der Waals surface area (Å²) < 4.78 is 0. The molecule has 0 spiro atoms. The molecule has 0 aliphatic heterocycles.